The van der Waals surface area contributed by atoms with Crippen LogP contribution in [0.4, 0.5) is 0 Å². The number of fused-ring (bicyclic) bond motifs is 6. The van der Waals surface area contributed by atoms with E-state index in [0.717, 1.165) is 86.8 Å². The van der Waals surface area contributed by atoms with Gasteiger partial charge in [0, 0.05) is 0 Å². The molecule has 8 rings (SSSR count). The fourth-order valence-corrected chi connectivity index (χ4v) is 11.3. The first-order chi connectivity index (χ1) is 25.5. The van der Waals surface area contributed by atoms with Crippen LogP contribution >= 0.6 is 0 Å². The predicted molar refractivity (Wildman–Crippen MR) is 208 cm³/mol. The maximum Gasteiger partial charge on any atom is 0.319 e. The third kappa shape index (κ3) is 6.28. The molecule has 0 aromatic heterocycles. The van der Waals surface area contributed by atoms with Crippen molar-refractivity contribution in [2.24, 2.45) is 22.7 Å². The van der Waals surface area contributed by atoms with E-state index in [9.17, 15) is 9.59 Å². The summed E-state index contributed by atoms with van der Waals surface area (Å²) in [6, 6.07) is 33.5. The Kier molecular flexibility index (Phi) is 9.28. The minimum Gasteiger partial charge on any atom is -0.489 e. The van der Waals surface area contributed by atoms with Crippen molar-refractivity contribution in [3.63, 3.8) is 0 Å². The Morgan fingerprint density at radius 1 is 0.566 bits per heavy atom. The van der Waals surface area contributed by atoms with Crippen LogP contribution in [0.25, 0.3) is 0 Å². The molecular weight excluding hydrogens is 657 g/mol. The number of benzene rings is 4. The molecule has 0 amide bonds. The van der Waals surface area contributed by atoms with E-state index >= 15 is 0 Å². The molecule has 0 unspecified atom stereocenters. The summed E-state index contributed by atoms with van der Waals surface area (Å²) in [5, 5.41) is 0. The third-order valence-corrected chi connectivity index (χ3v) is 14.3. The highest BCUT2D eigenvalue weighted by Crippen LogP contribution is 2.60. The smallest absolute Gasteiger partial charge is 0.319 e. The second-order valence-electron chi connectivity index (χ2n) is 17.4. The van der Waals surface area contributed by atoms with Crippen LogP contribution in [-0.4, -0.2) is 11.9 Å². The number of hydrogen-bond donors (Lipinski definition) is 0. The first kappa shape index (κ1) is 35.6. The van der Waals surface area contributed by atoms with E-state index in [1.54, 1.807) is 0 Å². The molecule has 5 heteroatoms. The molecule has 0 saturated heterocycles. The van der Waals surface area contributed by atoms with Crippen molar-refractivity contribution in [1.82, 2.24) is 0 Å². The maximum absolute atomic E-state index is 14.5. The summed E-state index contributed by atoms with van der Waals surface area (Å²) in [4.78, 5) is 29.1. The van der Waals surface area contributed by atoms with Crippen LogP contribution in [0.1, 0.15) is 112 Å². The molecule has 6 atom stereocenters. The van der Waals surface area contributed by atoms with Gasteiger partial charge in [0.05, 0.1) is 10.8 Å². The van der Waals surface area contributed by atoms with Crippen molar-refractivity contribution >= 4 is 11.9 Å². The van der Waals surface area contributed by atoms with Crippen LogP contribution in [0.5, 0.6) is 11.5 Å². The summed E-state index contributed by atoms with van der Waals surface area (Å²) in [5.74, 6) is 1.19. The molecule has 0 heterocycles. The van der Waals surface area contributed by atoms with Crippen molar-refractivity contribution in [3.05, 3.63) is 130 Å². The van der Waals surface area contributed by atoms with Crippen LogP contribution in [0, 0.1) is 22.7 Å². The first-order valence-electron chi connectivity index (χ1n) is 19.9. The van der Waals surface area contributed by atoms with Crippen molar-refractivity contribution in [3.8, 4) is 11.5 Å². The second kappa shape index (κ2) is 13.8. The molecule has 0 bridgehead atoms. The number of carbonyl (C=O) groups is 2. The van der Waals surface area contributed by atoms with Crippen LogP contribution in [0.15, 0.2) is 97.1 Å². The lowest BCUT2D eigenvalue weighted by molar-refractivity contribution is -0.184. The van der Waals surface area contributed by atoms with Crippen LogP contribution < -0.4 is 9.47 Å². The Morgan fingerprint density at radius 2 is 0.981 bits per heavy atom. The fourth-order valence-electron chi connectivity index (χ4n) is 11.3. The minimum absolute atomic E-state index is 0.0706. The quantitative estimate of drug-likeness (QED) is 0.135. The minimum atomic E-state index is -0.750. The van der Waals surface area contributed by atoms with Crippen molar-refractivity contribution < 1.29 is 23.8 Å². The van der Waals surface area contributed by atoms with Gasteiger partial charge in [0.15, 0.2) is 0 Å². The van der Waals surface area contributed by atoms with Gasteiger partial charge in [-0.25, -0.2) is 0 Å². The summed E-state index contributed by atoms with van der Waals surface area (Å²) in [5.41, 5.74) is 5.58. The molecule has 276 valence electrons. The standard InChI is InChI=1S/C48H54O5/c1-45-25-11-27-47(3,41(45)23-19-35-17-21-37(29-39(35)45)51-31-33-13-7-5-8-14-33)43(49)53-44(50)48(4)28-12-26-46(2)40-30-38(22-18-36(40)20-24-42(46)48)52-32-34-15-9-6-10-16-34/h5-10,13-18,21-22,29-30,41-42H,11-12,19-20,23-28,31-32H2,1-4H3/t41-,42+,45-,46-,47+,48+/m1/s1. The Balaban J connectivity index is 1.00. The van der Waals surface area contributed by atoms with Crippen LogP contribution in [-0.2, 0) is 51.2 Å². The Bertz CT molecular complexity index is 1840. The monoisotopic (exact) mass is 710 g/mol. The normalized spacial score (nSPS) is 30.1. The highest BCUT2D eigenvalue weighted by Gasteiger charge is 2.59. The largest absolute Gasteiger partial charge is 0.489 e. The summed E-state index contributed by atoms with van der Waals surface area (Å²) >= 11 is 0. The average Bonchev–Trinajstić information content (AvgIpc) is 3.17. The Labute approximate surface area is 315 Å². The van der Waals surface area contributed by atoms with Gasteiger partial charge in [-0.15, -0.1) is 0 Å². The van der Waals surface area contributed by atoms with Gasteiger partial charge in [-0.1, -0.05) is 99.5 Å². The van der Waals surface area contributed by atoms with Gasteiger partial charge in [-0.05, 0) is 146 Å². The summed E-state index contributed by atoms with van der Waals surface area (Å²) in [6.45, 7) is 9.83. The van der Waals surface area contributed by atoms with E-state index in [-0.39, 0.29) is 34.6 Å². The van der Waals surface area contributed by atoms with Gasteiger partial charge in [-0.2, -0.15) is 0 Å². The summed E-state index contributed by atoms with van der Waals surface area (Å²) in [6.07, 6.45) is 8.88. The predicted octanol–water partition coefficient (Wildman–Crippen LogP) is 10.6. The molecule has 0 spiro atoms. The Hall–Kier alpha value is -4.38. The van der Waals surface area contributed by atoms with Crippen LogP contribution in [0.3, 0.4) is 0 Å². The number of hydrogen-bond acceptors (Lipinski definition) is 5. The molecule has 0 aliphatic heterocycles. The van der Waals surface area contributed by atoms with Gasteiger partial charge >= 0.3 is 11.9 Å². The lowest BCUT2D eigenvalue weighted by atomic mass is 9.49. The first-order valence-corrected chi connectivity index (χ1v) is 19.9. The number of rotatable bonds is 8. The van der Waals surface area contributed by atoms with E-state index in [2.05, 4.69) is 88.4 Å². The topological polar surface area (TPSA) is 61.8 Å². The van der Waals surface area contributed by atoms with Crippen LogP contribution in [0.2, 0.25) is 0 Å². The number of aryl methyl sites for hydroxylation is 2. The zero-order valence-electron chi connectivity index (χ0n) is 31.9. The molecule has 4 aliphatic carbocycles. The molecule has 2 fully saturated rings. The maximum atomic E-state index is 14.5. The van der Waals surface area contributed by atoms with E-state index in [1.165, 1.54) is 22.3 Å². The molecule has 4 aliphatic rings. The number of ether oxygens (including phenoxy) is 3. The molecule has 2 saturated carbocycles. The van der Waals surface area contributed by atoms with Crippen molar-refractivity contribution in [2.75, 3.05) is 0 Å². The van der Waals surface area contributed by atoms with E-state index in [4.69, 9.17) is 14.2 Å². The van der Waals surface area contributed by atoms with Gasteiger partial charge in [0.1, 0.15) is 24.7 Å². The van der Waals surface area contributed by atoms with Gasteiger partial charge in [-0.3, -0.25) is 9.59 Å². The van der Waals surface area contributed by atoms with Crippen molar-refractivity contribution in [1.29, 1.82) is 0 Å². The van der Waals surface area contributed by atoms with E-state index in [0.29, 0.717) is 13.2 Å². The van der Waals surface area contributed by atoms with E-state index < -0.39 is 10.8 Å². The second-order valence-corrected chi connectivity index (χ2v) is 17.4. The van der Waals surface area contributed by atoms with Gasteiger partial charge in [0.2, 0.25) is 0 Å². The highest BCUT2D eigenvalue weighted by molar-refractivity contribution is 5.92. The third-order valence-electron chi connectivity index (χ3n) is 14.3. The molecular formula is C48H54O5. The molecule has 5 nitrogen and oxygen atoms in total. The molecule has 4 aromatic rings. The highest BCUT2D eigenvalue weighted by atomic mass is 16.6. The fraction of sp³-hybridized carbons (Fsp3) is 0.458. The summed E-state index contributed by atoms with van der Waals surface area (Å²) < 4.78 is 18.8. The Morgan fingerprint density at radius 3 is 1.40 bits per heavy atom. The zero-order chi connectivity index (χ0) is 36.8. The van der Waals surface area contributed by atoms with E-state index in [1.807, 2.05) is 36.4 Å². The zero-order valence-corrected chi connectivity index (χ0v) is 31.9. The lowest BCUT2D eigenvalue weighted by Gasteiger charge is -2.55. The average molecular weight is 711 g/mol. The number of carbonyl (C=O) groups excluding carboxylic acids is 2. The molecule has 0 radical (unpaired) electrons. The number of esters is 2. The van der Waals surface area contributed by atoms with Crippen molar-refractivity contribution in [2.45, 2.75) is 116 Å². The molecule has 4 aromatic carbocycles. The summed E-state index contributed by atoms with van der Waals surface area (Å²) in [7, 11) is 0. The van der Waals surface area contributed by atoms with Gasteiger partial charge < -0.3 is 14.2 Å². The lowest BCUT2D eigenvalue weighted by Crippen LogP contribution is -2.56. The molecule has 0 N–H and O–H groups in total. The van der Waals surface area contributed by atoms with Gasteiger partial charge in [0.25, 0.3) is 0 Å². The molecule has 53 heavy (non-hydrogen) atoms. The SMILES string of the molecule is C[C@]1(C(=O)OC(=O)[C@@]2(C)CCC[C@]3(C)c4cc(OCc5ccccc5)ccc4CC[C@@H]23)CCC[C@]2(C)c3cc(OCc4ccccc4)ccc3CC[C@H]12.